The first-order valence-electron chi connectivity index (χ1n) is 6.38. The van der Waals surface area contributed by atoms with Gasteiger partial charge in [0.2, 0.25) is 0 Å². The fraction of sp³-hybridized carbons (Fsp3) is 0.250. The van der Waals surface area contributed by atoms with Crippen molar-refractivity contribution in [2.75, 3.05) is 12.4 Å². The Morgan fingerprint density at radius 1 is 0.895 bits per heavy atom. The van der Waals surface area contributed by atoms with Crippen molar-refractivity contribution in [1.29, 1.82) is 0 Å². The van der Waals surface area contributed by atoms with Gasteiger partial charge in [0.15, 0.2) is 0 Å². The lowest BCUT2D eigenvalue weighted by Crippen LogP contribution is -2.31. The first-order chi connectivity index (χ1) is 9.31. The zero-order valence-electron chi connectivity index (χ0n) is 10.7. The van der Waals surface area contributed by atoms with Crippen molar-refractivity contribution >= 4 is 11.6 Å². The average molecular weight is 276 g/mol. The molecule has 19 heavy (non-hydrogen) atoms. The Labute approximate surface area is 119 Å². The maximum atomic E-state index is 9.61. The van der Waals surface area contributed by atoms with E-state index in [1.807, 2.05) is 36.4 Å². The second-order valence-electron chi connectivity index (χ2n) is 4.47. The van der Waals surface area contributed by atoms with Gasteiger partial charge in [-0.25, -0.2) is 0 Å². The minimum absolute atomic E-state index is 0.0697. The van der Waals surface area contributed by atoms with Crippen molar-refractivity contribution in [1.82, 2.24) is 5.32 Å². The predicted octanol–water partition coefficient (Wildman–Crippen LogP) is 2.97. The molecule has 2 nitrogen and oxygen atoms in total. The van der Waals surface area contributed by atoms with E-state index in [4.69, 9.17) is 11.6 Å². The summed E-state index contributed by atoms with van der Waals surface area (Å²) < 4.78 is 0. The maximum Gasteiger partial charge on any atom is 0.0799 e. The third kappa shape index (κ3) is 4.06. The van der Waals surface area contributed by atoms with Crippen LogP contribution in [-0.4, -0.2) is 23.6 Å². The molecule has 0 aliphatic rings. The van der Waals surface area contributed by atoms with Crippen LogP contribution in [-0.2, 0) is 0 Å². The molecule has 1 unspecified atom stereocenters. The van der Waals surface area contributed by atoms with E-state index >= 15 is 0 Å². The van der Waals surface area contributed by atoms with Crippen molar-refractivity contribution in [2.24, 2.45) is 0 Å². The molecule has 0 amide bonds. The van der Waals surface area contributed by atoms with Gasteiger partial charge in [0.1, 0.15) is 0 Å². The third-order valence-electron chi connectivity index (χ3n) is 3.00. The van der Waals surface area contributed by atoms with Gasteiger partial charge in [0, 0.05) is 12.4 Å². The van der Waals surface area contributed by atoms with Gasteiger partial charge in [-0.05, 0) is 11.1 Å². The minimum Gasteiger partial charge on any atom is -0.391 e. The summed E-state index contributed by atoms with van der Waals surface area (Å²) in [5, 5.41) is 13.0. The number of rotatable bonds is 6. The number of nitrogens with one attached hydrogen (secondary N) is 1. The molecule has 2 N–H and O–H groups in total. The summed E-state index contributed by atoms with van der Waals surface area (Å²) in [7, 11) is 0. The number of hydrogen-bond donors (Lipinski definition) is 2. The summed E-state index contributed by atoms with van der Waals surface area (Å²) in [6, 6.07) is 20.5. The zero-order valence-corrected chi connectivity index (χ0v) is 11.4. The first kappa shape index (κ1) is 14.1. The summed E-state index contributed by atoms with van der Waals surface area (Å²) in [6.45, 7) is 0.470. The summed E-state index contributed by atoms with van der Waals surface area (Å²) in [5.74, 6) is 0.239. The van der Waals surface area contributed by atoms with Gasteiger partial charge in [-0.15, -0.1) is 11.6 Å². The van der Waals surface area contributed by atoms with Gasteiger partial charge in [-0.3, -0.25) is 0 Å². The molecule has 0 aromatic heterocycles. The molecule has 0 aliphatic carbocycles. The van der Waals surface area contributed by atoms with Crippen LogP contribution in [0, 0.1) is 0 Å². The highest BCUT2D eigenvalue weighted by Gasteiger charge is 2.14. The van der Waals surface area contributed by atoms with Crippen LogP contribution in [0.3, 0.4) is 0 Å². The SMILES string of the molecule is OC(CCl)CNC(c1ccccc1)c1ccccc1. The van der Waals surface area contributed by atoms with E-state index in [-0.39, 0.29) is 11.9 Å². The summed E-state index contributed by atoms with van der Waals surface area (Å²) >= 11 is 5.64. The zero-order chi connectivity index (χ0) is 13.5. The molecule has 0 saturated heterocycles. The van der Waals surface area contributed by atoms with Gasteiger partial charge in [0.25, 0.3) is 0 Å². The summed E-state index contributed by atoms with van der Waals surface area (Å²) in [4.78, 5) is 0. The highest BCUT2D eigenvalue weighted by atomic mass is 35.5. The number of benzene rings is 2. The Morgan fingerprint density at radius 2 is 1.37 bits per heavy atom. The van der Waals surface area contributed by atoms with E-state index in [0.717, 1.165) is 0 Å². The molecule has 2 rings (SSSR count). The molecule has 0 saturated carbocycles. The normalized spacial score (nSPS) is 12.6. The molecule has 2 aromatic carbocycles. The summed E-state index contributed by atoms with van der Waals surface area (Å²) in [5.41, 5.74) is 2.35. The molecule has 0 fully saturated rings. The second-order valence-corrected chi connectivity index (χ2v) is 4.78. The van der Waals surface area contributed by atoms with E-state index < -0.39 is 6.10 Å². The topological polar surface area (TPSA) is 32.3 Å². The fourth-order valence-electron chi connectivity index (χ4n) is 2.03. The highest BCUT2D eigenvalue weighted by Crippen LogP contribution is 2.21. The number of hydrogen-bond acceptors (Lipinski definition) is 2. The molecule has 100 valence electrons. The van der Waals surface area contributed by atoms with Crippen LogP contribution in [0.4, 0.5) is 0 Å². The monoisotopic (exact) mass is 275 g/mol. The lowest BCUT2D eigenvalue weighted by atomic mass is 9.98. The van der Waals surface area contributed by atoms with E-state index in [1.165, 1.54) is 11.1 Å². The van der Waals surface area contributed by atoms with Crippen LogP contribution in [0.15, 0.2) is 60.7 Å². The van der Waals surface area contributed by atoms with E-state index in [0.29, 0.717) is 6.54 Å². The van der Waals surface area contributed by atoms with Gasteiger partial charge >= 0.3 is 0 Å². The van der Waals surface area contributed by atoms with Crippen molar-refractivity contribution in [2.45, 2.75) is 12.1 Å². The molecule has 0 heterocycles. The van der Waals surface area contributed by atoms with Crippen LogP contribution in [0.5, 0.6) is 0 Å². The molecule has 2 aromatic rings. The molecule has 0 radical (unpaired) electrons. The quantitative estimate of drug-likeness (QED) is 0.795. The Balaban J connectivity index is 2.19. The molecule has 0 aliphatic heterocycles. The summed E-state index contributed by atoms with van der Waals surface area (Å²) in [6.07, 6.45) is -0.531. The Morgan fingerprint density at radius 3 is 1.79 bits per heavy atom. The lowest BCUT2D eigenvalue weighted by molar-refractivity contribution is 0.191. The minimum atomic E-state index is -0.531. The fourth-order valence-corrected chi connectivity index (χ4v) is 2.14. The molecule has 1 atom stereocenters. The number of aliphatic hydroxyl groups excluding tert-OH is 1. The first-order valence-corrected chi connectivity index (χ1v) is 6.92. The third-order valence-corrected chi connectivity index (χ3v) is 3.36. The van der Waals surface area contributed by atoms with Crippen molar-refractivity contribution in [3.8, 4) is 0 Å². The molecular weight excluding hydrogens is 258 g/mol. The van der Waals surface area contributed by atoms with E-state index in [1.54, 1.807) is 0 Å². The largest absolute Gasteiger partial charge is 0.391 e. The van der Waals surface area contributed by atoms with Crippen molar-refractivity contribution in [3.63, 3.8) is 0 Å². The van der Waals surface area contributed by atoms with Crippen molar-refractivity contribution in [3.05, 3.63) is 71.8 Å². The van der Waals surface area contributed by atoms with Crippen LogP contribution < -0.4 is 5.32 Å². The lowest BCUT2D eigenvalue weighted by Gasteiger charge is -2.21. The van der Waals surface area contributed by atoms with Gasteiger partial charge in [-0.1, -0.05) is 60.7 Å². The second kappa shape index (κ2) is 7.29. The van der Waals surface area contributed by atoms with Gasteiger partial charge < -0.3 is 10.4 Å². The van der Waals surface area contributed by atoms with Gasteiger partial charge in [0.05, 0.1) is 12.1 Å². The van der Waals surface area contributed by atoms with Crippen molar-refractivity contribution < 1.29 is 5.11 Å². The van der Waals surface area contributed by atoms with Crippen LogP contribution in [0.25, 0.3) is 0 Å². The molecule has 0 spiro atoms. The Kier molecular flexibility index (Phi) is 5.40. The number of alkyl halides is 1. The smallest absolute Gasteiger partial charge is 0.0799 e. The van der Waals surface area contributed by atoms with Crippen LogP contribution >= 0.6 is 11.6 Å². The number of aliphatic hydroxyl groups is 1. The Hall–Kier alpha value is -1.35. The molecule has 3 heteroatoms. The molecule has 0 bridgehead atoms. The molecular formula is C16H18ClNO. The Bertz CT molecular complexity index is 435. The van der Waals surface area contributed by atoms with Crippen LogP contribution in [0.1, 0.15) is 17.2 Å². The van der Waals surface area contributed by atoms with E-state index in [9.17, 15) is 5.11 Å². The standard InChI is InChI=1S/C16H18ClNO/c17-11-15(19)12-18-16(13-7-3-1-4-8-13)14-9-5-2-6-10-14/h1-10,15-16,18-19H,11-12H2. The van der Waals surface area contributed by atoms with E-state index in [2.05, 4.69) is 29.6 Å². The maximum absolute atomic E-state index is 9.61. The predicted molar refractivity (Wildman–Crippen MR) is 79.5 cm³/mol. The average Bonchev–Trinajstić information content (AvgIpc) is 2.49. The number of halogens is 1. The highest BCUT2D eigenvalue weighted by molar-refractivity contribution is 6.18. The van der Waals surface area contributed by atoms with Crippen LogP contribution in [0.2, 0.25) is 0 Å². The van der Waals surface area contributed by atoms with Gasteiger partial charge in [-0.2, -0.15) is 0 Å².